The number of likely N-dealkylation sites (tertiary alicyclic amines) is 1. The molecule has 0 spiro atoms. The Bertz CT molecular complexity index is 906. The number of furan rings is 1. The lowest BCUT2D eigenvalue weighted by molar-refractivity contribution is 0.0673. The number of amides is 1. The number of oxazole rings is 1. The van der Waals surface area contributed by atoms with Crippen molar-refractivity contribution >= 4 is 28.6 Å². The molecular weight excluding hydrogens is 340 g/mol. The van der Waals surface area contributed by atoms with Gasteiger partial charge in [0.05, 0.1) is 0 Å². The number of rotatable bonds is 3. The van der Waals surface area contributed by atoms with Crippen LogP contribution in [0.3, 0.4) is 0 Å². The van der Waals surface area contributed by atoms with Gasteiger partial charge in [-0.1, -0.05) is 18.5 Å². The standard InChI is InChI=1S/C19H19ClN2O3/c1-2-14-4-6-17(24-14)19(23)22-9-7-12(8-10-22)18-21-15-11-13(20)3-5-16(15)25-18/h3-6,11-12H,2,7-10H2,1H3. The second-order valence-electron chi connectivity index (χ2n) is 6.35. The van der Waals surface area contributed by atoms with Crippen LogP contribution < -0.4 is 0 Å². The van der Waals surface area contributed by atoms with E-state index in [-0.39, 0.29) is 11.8 Å². The Morgan fingerprint density at radius 1 is 1.24 bits per heavy atom. The molecular formula is C19H19ClN2O3. The minimum Gasteiger partial charge on any atom is -0.456 e. The molecule has 1 aromatic carbocycles. The summed E-state index contributed by atoms with van der Waals surface area (Å²) in [5.74, 6) is 2.17. The Labute approximate surface area is 150 Å². The fourth-order valence-electron chi connectivity index (χ4n) is 3.26. The summed E-state index contributed by atoms with van der Waals surface area (Å²) in [6, 6.07) is 9.08. The highest BCUT2D eigenvalue weighted by molar-refractivity contribution is 6.31. The van der Waals surface area contributed by atoms with Gasteiger partial charge in [0.25, 0.3) is 5.91 Å². The van der Waals surface area contributed by atoms with Crippen LogP contribution in [0.4, 0.5) is 0 Å². The number of hydrogen-bond donors (Lipinski definition) is 0. The van der Waals surface area contributed by atoms with Crippen molar-refractivity contribution in [2.24, 2.45) is 0 Å². The zero-order valence-electron chi connectivity index (χ0n) is 14.0. The fraction of sp³-hybridized carbons (Fsp3) is 0.368. The lowest BCUT2D eigenvalue weighted by atomic mass is 9.96. The summed E-state index contributed by atoms with van der Waals surface area (Å²) in [5.41, 5.74) is 1.53. The second-order valence-corrected chi connectivity index (χ2v) is 6.79. The molecule has 0 aliphatic carbocycles. The van der Waals surface area contributed by atoms with Gasteiger partial charge in [0.15, 0.2) is 17.2 Å². The van der Waals surface area contributed by atoms with Gasteiger partial charge in [-0.3, -0.25) is 4.79 Å². The van der Waals surface area contributed by atoms with Crippen LogP contribution >= 0.6 is 11.6 Å². The average molecular weight is 359 g/mol. The van der Waals surface area contributed by atoms with E-state index in [2.05, 4.69) is 4.98 Å². The topological polar surface area (TPSA) is 59.5 Å². The Hall–Kier alpha value is -2.27. The second kappa shape index (κ2) is 6.56. The van der Waals surface area contributed by atoms with Crippen molar-refractivity contribution in [3.63, 3.8) is 0 Å². The largest absolute Gasteiger partial charge is 0.456 e. The minimum atomic E-state index is -0.0394. The number of nitrogens with zero attached hydrogens (tertiary/aromatic N) is 2. The fourth-order valence-corrected chi connectivity index (χ4v) is 3.43. The summed E-state index contributed by atoms with van der Waals surface area (Å²) in [7, 11) is 0. The molecule has 0 radical (unpaired) electrons. The Morgan fingerprint density at radius 3 is 2.76 bits per heavy atom. The summed E-state index contributed by atoms with van der Waals surface area (Å²) in [6.07, 6.45) is 2.44. The van der Waals surface area contributed by atoms with E-state index in [9.17, 15) is 4.79 Å². The monoisotopic (exact) mass is 358 g/mol. The summed E-state index contributed by atoms with van der Waals surface area (Å²) in [4.78, 5) is 18.9. The van der Waals surface area contributed by atoms with Crippen LogP contribution in [0, 0.1) is 0 Å². The van der Waals surface area contributed by atoms with Crippen molar-refractivity contribution in [1.82, 2.24) is 9.88 Å². The zero-order valence-corrected chi connectivity index (χ0v) is 14.8. The minimum absolute atomic E-state index is 0.0394. The van der Waals surface area contributed by atoms with Crippen molar-refractivity contribution < 1.29 is 13.6 Å². The number of aryl methyl sites for hydroxylation is 1. The molecule has 0 unspecified atom stereocenters. The maximum atomic E-state index is 12.5. The van der Waals surface area contributed by atoms with Crippen LogP contribution in [-0.4, -0.2) is 28.9 Å². The average Bonchev–Trinajstić information content (AvgIpc) is 3.27. The first-order valence-electron chi connectivity index (χ1n) is 8.58. The summed E-state index contributed by atoms with van der Waals surface area (Å²) in [6.45, 7) is 3.35. The van der Waals surface area contributed by atoms with E-state index in [1.54, 1.807) is 12.1 Å². The molecule has 3 aromatic rings. The van der Waals surface area contributed by atoms with Crippen LogP contribution in [0.5, 0.6) is 0 Å². The van der Waals surface area contributed by atoms with Crippen molar-refractivity contribution in [3.8, 4) is 0 Å². The molecule has 0 bridgehead atoms. The van der Waals surface area contributed by atoms with Gasteiger partial charge in [0.1, 0.15) is 11.3 Å². The first-order chi connectivity index (χ1) is 12.1. The molecule has 3 heterocycles. The molecule has 6 heteroatoms. The predicted octanol–water partition coefficient (Wildman–Crippen LogP) is 4.66. The number of carbonyl (C=O) groups is 1. The third-order valence-electron chi connectivity index (χ3n) is 4.72. The molecule has 0 N–H and O–H groups in total. The zero-order chi connectivity index (χ0) is 17.4. The number of carbonyl (C=O) groups excluding carboxylic acids is 1. The van der Waals surface area contributed by atoms with Gasteiger partial charge in [-0.25, -0.2) is 4.98 Å². The van der Waals surface area contributed by atoms with Crippen LogP contribution in [0.25, 0.3) is 11.1 Å². The quantitative estimate of drug-likeness (QED) is 0.683. The molecule has 25 heavy (non-hydrogen) atoms. The van der Waals surface area contributed by atoms with Crippen LogP contribution in [0.15, 0.2) is 39.2 Å². The molecule has 0 atom stereocenters. The Balaban J connectivity index is 1.44. The van der Waals surface area contributed by atoms with E-state index in [4.69, 9.17) is 20.4 Å². The van der Waals surface area contributed by atoms with Crippen molar-refractivity contribution in [1.29, 1.82) is 0 Å². The first kappa shape index (κ1) is 16.2. The molecule has 0 saturated carbocycles. The molecule has 130 valence electrons. The van der Waals surface area contributed by atoms with E-state index in [0.29, 0.717) is 23.9 Å². The number of aromatic nitrogens is 1. The normalized spacial score (nSPS) is 15.8. The van der Waals surface area contributed by atoms with Crippen LogP contribution in [-0.2, 0) is 6.42 Å². The van der Waals surface area contributed by atoms with E-state index in [0.717, 1.165) is 42.0 Å². The lowest BCUT2D eigenvalue weighted by Gasteiger charge is -2.29. The maximum absolute atomic E-state index is 12.5. The SMILES string of the molecule is CCc1ccc(C(=O)N2CCC(c3nc4cc(Cl)ccc4o3)CC2)o1. The van der Waals surface area contributed by atoms with Crippen molar-refractivity contribution in [2.75, 3.05) is 13.1 Å². The molecule has 4 rings (SSSR count). The summed E-state index contributed by atoms with van der Waals surface area (Å²) < 4.78 is 11.4. The lowest BCUT2D eigenvalue weighted by Crippen LogP contribution is -2.37. The molecule has 1 fully saturated rings. The number of fused-ring (bicyclic) bond motifs is 1. The van der Waals surface area contributed by atoms with E-state index < -0.39 is 0 Å². The number of halogens is 1. The van der Waals surface area contributed by atoms with Gasteiger partial charge in [0.2, 0.25) is 0 Å². The van der Waals surface area contributed by atoms with Gasteiger partial charge in [0, 0.05) is 30.5 Å². The molecule has 1 amide bonds. The molecule has 1 aliphatic heterocycles. The van der Waals surface area contributed by atoms with E-state index >= 15 is 0 Å². The van der Waals surface area contributed by atoms with Crippen molar-refractivity contribution in [3.05, 3.63) is 52.8 Å². The van der Waals surface area contributed by atoms with Crippen molar-refractivity contribution in [2.45, 2.75) is 32.1 Å². The predicted molar refractivity (Wildman–Crippen MR) is 95.0 cm³/mol. The van der Waals surface area contributed by atoms with Gasteiger partial charge in [-0.15, -0.1) is 0 Å². The molecule has 1 saturated heterocycles. The van der Waals surface area contributed by atoms with Crippen LogP contribution in [0.1, 0.15) is 47.9 Å². The van der Waals surface area contributed by atoms with Gasteiger partial charge >= 0.3 is 0 Å². The number of hydrogen-bond acceptors (Lipinski definition) is 4. The Morgan fingerprint density at radius 2 is 2.04 bits per heavy atom. The highest BCUT2D eigenvalue weighted by Crippen LogP contribution is 2.31. The smallest absolute Gasteiger partial charge is 0.289 e. The third kappa shape index (κ3) is 3.16. The van der Waals surface area contributed by atoms with Gasteiger partial charge < -0.3 is 13.7 Å². The summed E-state index contributed by atoms with van der Waals surface area (Å²) >= 11 is 6.00. The number of piperidine rings is 1. The first-order valence-corrected chi connectivity index (χ1v) is 8.96. The van der Waals surface area contributed by atoms with Gasteiger partial charge in [-0.2, -0.15) is 0 Å². The maximum Gasteiger partial charge on any atom is 0.289 e. The van der Waals surface area contributed by atoms with Crippen LogP contribution in [0.2, 0.25) is 5.02 Å². The molecule has 2 aromatic heterocycles. The molecule has 1 aliphatic rings. The van der Waals surface area contributed by atoms with E-state index in [1.165, 1.54) is 0 Å². The molecule has 5 nitrogen and oxygen atoms in total. The summed E-state index contributed by atoms with van der Waals surface area (Å²) in [5, 5.41) is 0.651. The highest BCUT2D eigenvalue weighted by Gasteiger charge is 2.28. The highest BCUT2D eigenvalue weighted by atomic mass is 35.5. The van der Waals surface area contributed by atoms with E-state index in [1.807, 2.05) is 30.0 Å². The van der Waals surface area contributed by atoms with Gasteiger partial charge in [-0.05, 0) is 43.2 Å². The number of benzene rings is 1. The Kier molecular flexibility index (Phi) is 4.25. The third-order valence-corrected chi connectivity index (χ3v) is 4.95.